The summed E-state index contributed by atoms with van der Waals surface area (Å²) in [5, 5.41) is 0. The average molecular weight is 461 g/mol. The highest BCUT2D eigenvalue weighted by molar-refractivity contribution is 7.91. The van der Waals surface area contributed by atoms with Crippen LogP contribution in [-0.4, -0.2) is 38.9 Å². The molecule has 3 aromatic rings. The smallest absolute Gasteiger partial charge is 0.248 e. The summed E-state index contributed by atoms with van der Waals surface area (Å²) in [4.78, 5) is 17.5. The summed E-state index contributed by atoms with van der Waals surface area (Å²) < 4.78 is 38.2. The first-order chi connectivity index (χ1) is 14.9. The molecule has 0 radical (unpaired) electrons. The lowest BCUT2D eigenvalue weighted by atomic mass is 10.3. The largest absolute Gasteiger partial charge is 0.493 e. The van der Waals surface area contributed by atoms with Crippen LogP contribution < -0.4 is 14.3 Å². The van der Waals surface area contributed by atoms with E-state index in [0.29, 0.717) is 22.8 Å². The zero-order valence-electron chi connectivity index (χ0n) is 17.4. The molecule has 1 amide bonds. The molecule has 0 aliphatic carbocycles. The fraction of sp³-hybridized carbons (Fsp3) is 0.273. The lowest BCUT2D eigenvalue weighted by Gasteiger charge is -2.08. The third-order valence-corrected chi connectivity index (χ3v) is 7.48. The van der Waals surface area contributed by atoms with Crippen LogP contribution in [0.1, 0.15) is 12.8 Å². The van der Waals surface area contributed by atoms with Crippen molar-refractivity contribution in [1.82, 2.24) is 4.57 Å². The van der Waals surface area contributed by atoms with E-state index >= 15 is 0 Å². The quantitative estimate of drug-likeness (QED) is 0.456. The van der Waals surface area contributed by atoms with Crippen LogP contribution in [-0.2, 0) is 21.2 Å². The van der Waals surface area contributed by atoms with E-state index in [1.165, 1.54) is 11.3 Å². The van der Waals surface area contributed by atoms with E-state index < -0.39 is 9.84 Å². The molecule has 164 valence electrons. The lowest BCUT2D eigenvalue weighted by molar-refractivity contribution is -0.118. The number of fused-ring (bicyclic) bond motifs is 1. The number of aromatic nitrogens is 1. The molecule has 0 saturated heterocycles. The summed E-state index contributed by atoms with van der Waals surface area (Å²) in [7, 11) is -0.294. The maximum absolute atomic E-state index is 12.5. The van der Waals surface area contributed by atoms with E-state index in [1.54, 1.807) is 50.6 Å². The van der Waals surface area contributed by atoms with Crippen LogP contribution in [0.15, 0.2) is 65.0 Å². The molecule has 0 aliphatic heterocycles. The number of thiazole rings is 1. The molecule has 1 heterocycles. The van der Waals surface area contributed by atoms with E-state index in [-0.39, 0.29) is 29.4 Å². The molecule has 31 heavy (non-hydrogen) atoms. The third-order valence-electron chi connectivity index (χ3n) is 4.63. The number of carbonyl (C=O) groups is 1. The van der Waals surface area contributed by atoms with Crippen molar-refractivity contribution >= 4 is 37.3 Å². The van der Waals surface area contributed by atoms with Gasteiger partial charge in [-0.25, -0.2) is 8.42 Å². The number of allylic oxidation sites excluding steroid dienone is 1. The maximum atomic E-state index is 12.5. The first-order valence-electron chi connectivity index (χ1n) is 9.61. The number of hydrogen-bond donors (Lipinski definition) is 0. The number of ether oxygens (including phenoxy) is 2. The van der Waals surface area contributed by atoms with Crippen LogP contribution in [0.2, 0.25) is 0 Å². The lowest BCUT2D eigenvalue weighted by Crippen LogP contribution is -2.16. The van der Waals surface area contributed by atoms with Crippen molar-refractivity contribution in [3.8, 4) is 11.5 Å². The van der Waals surface area contributed by atoms with Crippen molar-refractivity contribution in [2.45, 2.75) is 24.3 Å². The number of hydrogen-bond acceptors (Lipinski definition) is 6. The fourth-order valence-electron chi connectivity index (χ4n) is 3.11. The second kappa shape index (κ2) is 9.93. The average Bonchev–Trinajstić information content (AvgIpc) is 3.09. The van der Waals surface area contributed by atoms with Crippen molar-refractivity contribution in [2.24, 2.45) is 4.99 Å². The Morgan fingerprint density at radius 3 is 2.48 bits per heavy atom. The molecule has 3 rings (SSSR count). The highest BCUT2D eigenvalue weighted by atomic mass is 32.2. The number of carbonyl (C=O) groups excluding carboxylic acids is 1. The number of benzene rings is 2. The second-order valence-electron chi connectivity index (χ2n) is 6.70. The molecule has 7 nitrogen and oxygen atoms in total. The normalized spacial score (nSPS) is 12.1. The van der Waals surface area contributed by atoms with E-state index in [2.05, 4.69) is 11.6 Å². The Morgan fingerprint density at radius 2 is 1.84 bits per heavy atom. The Bertz CT molecular complexity index is 1260. The molecule has 9 heteroatoms. The highest BCUT2D eigenvalue weighted by Gasteiger charge is 2.15. The van der Waals surface area contributed by atoms with E-state index in [1.807, 2.05) is 16.7 Å². The minimum Gasteiger partial charge on any atom is -0.493 e. The molecule has 0 spiro atoms. The molecule has 0 bridgehead atoms. The number of rotatable bonds is 9. The summed E-state index contributed by atoms with van der Waals surface area (Å²) in [6.07, 6.45) is 1.97. The van der Waals surface area contributed by atoms with Gasteiger partial charge in [0.1, 0.15) is 0 Å². The molecule has 0 fully saturated rings. The van der Waals surface area contributed by atoms with Gasteiger partial charge in [0.2, 0.25) is 5.91 Å². The van der Waals surface area contributed by atoms with Gasteiger partial charge >= 0.3 is 0 Å². The molecule has 1 aromatic heterocycles. The van der Waals surface area contributed by atoms with Gasteiger partial charge in [-0.1, -0.05) is 35.6 Å². The zero-order chi connectivity index (χ0) is 22.4. The van der Waals surface area contributed by atoms with Gasteiger partial charge in [-0.05, 0) is 18.6 Å². The van der Waals surface area contributed by atoms with E-state index in [9.17, 15) is 13.2 Å². The van der Waals surface area contributed by atoms with Crippen LogP contribution in [0.25, 0.3) is 10.2 Å². The number of sulfone groups is 1. The van der Waals surface area contributed by atoms with E-state index in [0.717, 1.165) is 10.2 Å². The molecular formula is C22H24N2O5S2. The fourth-order valence-corrected chi connectivity index (χ4v) is 5.51. The molecule has 0 aliphatic rings. The third kappa shape index (κ3) is 5.23. The number of amides is 1. The van der Waals surface area contributed by atoms with Crippen LogP contribution in [0.5, 0.6) is 11.5 Å². The standard InChI is InChI=1S/C22H24N2O5S2/c1-4-12-24-17-14-18(28-2)19(29-3)15-20(17)30-22(24)23-21(25)11-8-13-31(26,27)16-9-6-5-7-10-16/h4-7,9-10,14-15H,1,8,11-13H2,2-3H3. The van der Waals surface area contributed by atoms with Crippen molar-refractivity contribution in [2.75, 3.05) is 20.0 Å². The Kier molecular flexibility index (Phi) is 7.29. The molecule has 0 saturated carbocycles. The zero-order valence-corrected chi connectivity index (χ0v) is 19.0. The van der Waals surface area contributed by atoms with Gasteiger partial charge in [-0.2, -0.15) is 4.99 Å². The van der Waals surface area contributed by atoms with Crippen LogP contribution in [0.3, 0.4) is 0 Å². The predicted octanol–water partition coefficient (Wildman–Crippen LogP) is 3.59. The molecule has 2 aromatic carbocycles. The molecule has 0 unspecified atom stereocenters. The highest BCUT2D eigenvalue weighted by Crippen LogP contribution is 2.33. The van der Waals surface area contributed by atoms with Crippen molar-refractivity contribution in [3.63, 3.8) is 0 Å². The summed E-state index contributed by atoms with van der Waals surface area (Å²) >= 11 is 1.35. The maximum Gasteiger partial charge on any atom is 0.248 e. The van der Waals surface area contributed by atoms with Crippen LogP contribution >= 0.6 is 11.3 Å². The van der Waals surface area contributed by atoms with Gasteiger partial charge in [0.25, 0.3) is 0 Å². The van der Waals surface area contributed by atoms with Crippen molar-refractivity contribution in [1.29, 1.82) is 0 Å². The predicted molar refractivity (Wildman–Crippen MR) is 121 cm³/mol. The van der Waals surface area contributed by atoms with Crippen LogP contribution in [0.4, 0.5) is 0 Å². The molecular weight excluding hydrogens is 436 g/mol. The summed E-state index contributed by atoms with van der Waals surface area (Å²) in [5.74, 6) is 0.693. The second-order valence-corrected chi connectivity index (χ2v) is 9.82. The Balaban J connectivity index is 1.83. The van der Waals surface area contributed by atoms with Crippen molar-refractivity contribution < 1.29 is 22.7 Å². The Morgan fingerprint density at radius 1 is 1.16 bits per heavy atom. The Hall–Kier alpha value is -2.91. The Labute approximate surface area is 185 Å². The van der Waals surface area contributed by atoms with Crippen LogP contribution in [0, 0.1) is 0 Å². The van der Waals surface area contributed by atoms with Gasteiger partial charge in [0.05, 0.1) is 35.1 Å². The van der Waals surface area contributed by atoms with Gasteiger partial charge in [-0.3, -0.25) is 4.79 Å². The van der Waals surface area contributed by atoms with Gasteiger partial charge < -0.3 is 14.0 Å². The van der Waals surface area contributed by atoms with E-state index in [4.69, 9.17) is 9.47 Å². The monoisotopic (exact) mass is 460 g/mol. The molecule has 0 N–H and O–H groups in total. The summed E-state index contributed by atoms with van der Waals surface area (Å²) in [5.41, 5.74) is 0.848. The van der Waals surface area contributed by atoms with Gasteiger partial charge in [0, 0.05) is 25.1 Å². The van der Waals surface area contributed by atoms with Gasteiger partial charge in [-0.15, -0.1) is 6.58 Å². The number of methoxy groups -OCH3 is 2. The number of nitrogens with zero attached hydrogens (tertiary/aromatic N) is 2. The van der Waals surface area contributed by atoms with Crippen molar-refractivity contribution in [3.05, 3.63) is 59.9 Å². The molecule has 0 atom stereocenters. The van der Waals surface area contributed by atoms with Gasteiger partial charge in [0.15, 0.2) is 26.1 Å². The SMILES string of the molecule is C=CCn1c(=NC(=O)CCCS(=O)(=O)c2ccccc2)sc2cc(OC)c(OC)cc21. The first kappa shape index (κ1) is 22.8. The summed E-state index contributed by atoms with van der Waals surface area (Å²) in [6, 6.07) is 11.9. The first-order valence-corrected chi connectivity index (χ1v) is 12.1. The minimum atomic E-state index is -3.42. The minimum absolute atomic E-state index is 0.0427. The topological polar surface area (TPSA) is 87.0 Å². The summed E-state index contributed by atoms with van der Waals surface area (Å²) in [6.45, 7) is 4.24.